The van der Waals surface area contributed by atoms with E-state index in [1.165, 1.54) is 62.5 Å². The minimum atomic E-state index is -0.181. The van der Waals surface area contributed by atoms with Gasteiger partial charge in [-0.2, -0.15) is 0 Å². The summed E-state index contributed by atoms with van der Waals surface area (Å²) < 4.78 is 12.2. The predicted molar refractivity (Wildman–Crippen MR) is 150 cm³/mol. The molecule has 0 aliphatic carbocycles. The van der Waals surface area contributed by atoms with Crippen LogP contribution in [0.1, 0.15) is 89.2 Å². The van der Waals surface area contributed by atoms with E-state index in [9.17, 15) is 4.79 Å². The molecule has 0 aliphatic heterocycles. The third-order valence-corrected chi connectivity index (χ3v) is 6.95. The van der Waals surface area contributed by atoms with Crippen molar-refractivity contribution in [3.8, 4) is 5.75 Å². The number of carbonyl (C=O) groups is 1. The molecule has 0 amide bonds. The van der Waals surface area contributed by atoms with Crippen molar-refractivity contribution >= 4 is 5.97 Å². The first-order valence-electron chi connectivity index (χ1n) is 14.2. The van der Waals surface area contributed by atoms with Crippen LogP contribution in [0, 0.1) is 0 Å². The molecule has 0 fully saturated rings. The molecule has 2 aromatic rings. The van der Waals surface area contributed by atoms with Crippen LogP contribution in [-0.2, 0) is 22.5 Å². The molecule has 1 atom stereocenters. The Morgan fingerprint density at radius 1 is 0.778 bits per heavy atom. The molecule has 0 spiro atoms. The molecule has 2 rings (SSSR count). The van der Waals surface area contributed by atoms with Gasteiger partial charge in [0.25, 0.3) is 0 Å². The standard InChI is InChI=1S/C32H50NO3/c1-5-7-8-9-10-11-12-14-19-28-22-17-23-30(26-28)35-24-18-25-36-32(34)31(6-2)33(3,4)27-29-20-15-13-16-21-29/h13,15-17,20-23,26,31H,5-12,14,18-19,24-25,27H2,1-4H3/q+1. The van der Waals surface area contributed by atoms with Crippen molar-refractivity contribution in [1.82, 2.24) is 0 Å². The molecule has 36 heavy (non-hydrogen) atoms. The third kappa shape index (κ3) is 11.6. The first-order valence-corrected chi connectivity index (χ1v) is 14.2. The van der Waals surface area contributed by atoms with Gasteiger partial charge in [0.1, 0.15) is 12.3 Å². The molecule has 0 aromatic heterocycles. The van der Waals surface area contributed by atoms with Crippen LogP contribution in [0.15, 0.2) is 54.6 Å². The highest BCUT2D eigenvalue weighted by Gasteiger charge is 2.34. The summed E-state index contributed by atoms with van der Waals surface area (Å²) in [6.45, 7) is 6.06. The number of nitrogens with zero attached hydrogens (tertiary/aromatic N) is 1. The average molecular weight is 497 g/mol. The summed E-state index contributed by atoms with van der Waals surface area (Å²) in [4.78, 5) is 12.8. The Morgan fingerprint density at radius 3 is 2.14 bits per heavy atom. The van der Waals surface area contributed by atoms with Crippen molar-refractivity contribution in [1.29, 1.82) is 0 Å². The van der Waals surface area contributed by atoms with Crippen LogP contribution < -0.4 is 4.74 Å². The predicted octanol–water partition coefficient (Wildman–Crippen LogP) is 7.74. The number of esters is 1. The number of ether oxygens (including phenoxy) is 2. The fourth-order valence-electron chi connectivity index (χ4n) is 4.88. The van der Waals surface area contributed by atoms with Gasteiger partial charge < -0.3 is 14.0 Å². The molecule has 4 nitrogen and oxygen atoms in total. The van der Waals surface area contributed by atoms with Crippen LogP contribution in [-0.4, -0.2) is 43.8 Å². The molecule has 200 valence electrons. The molecule has 0 bridgehead atoms. The van der Waals surface area contributed by atoms with E-state index < -0.39 is 0 Å². The maximum atomic E-state index is 12.8. The van der Waals surface area contributed by atoms with E-state index in [1.54, 1.807) is 0 Å². The Hall–Kier alpha value is -2.33. The second-order valence-corrected chi connectivity index (χ2v) is 10.6. The van der Waals surface area contributed by atoms with E-state index in [1.807, 2.05) is 24.3 Å². The number of likely N-dealkylation sites (N-methyl/N-ethyl adjacent to an activating group) is 1. The molecule has 0 heterocycles. The number of rotatable bonds is 19. The molecule has 0 saturated carbocycles. The Balaban J connectivity index is 1.65. The summed E-state index contributed by atoms with van der Waals surface area (Å²) in [5, 5.41) is 0. The smallest absolute Gasteiger partial charge is 0.364 e. The van der Waals surface area contributed by atoms with E-state index >= 15 is 0 Å². The van der Waals surface area contributed by atoms with Crippen LogP contribution in [0.5, 0.6) is 5.75 Å². The van der Waals surface area contributed by atoms with Gasteiger partial charge in [-0.25, -0.2) is 4.79 Å². The van der Waals surface area contributed by atoms with Crippen molar-refractivity contribution in [3.63, 3.8) is 0 Å². The minimum Gasteiger partial charge on any atom is -0.493 e. The highest BCUT2D eigenvalue weighted by molar-refractivity contribution is 5.74. The van der Waals surface area contributed by atoms with Crippen LogP contribution in [0.25, 0.3) is 0 Å². The van der Waals surface area contributed by atoms with Gasteiger partial charge in [0.2, 0.25) is 0 Å². The number of quaternary nitrogens is 1. The quantitative estimate of drug-likeness (QED) is 0.113. The first kappa shape index (κ1) is 29.9. The molecule has 0 aliphatic rings. The lowest BCUT2D eigenvalue weighted by molar-refractivity contribution is -0.919. The van der Waals surface area contributed by atoms with Gasteiger partial charge >= 0.3 is 5.97 Å². The first-order chi connectivity index (χ1) is 17.5. The van der Waals surface area contributed by atoms with E-state index in [-0.39, 0.29) is 12.0 Å². The zero-order chi connectivity index (χ0) is 26.1. The summed E-state index contributed by atoms with van der Waals surface area (Å²) in [5.41, 5.74) is 2.57. The number of unbranched alkanes of at least 4 members (excludes halogenated alkanes) is 7. The van der Waals surface area contributed by atoms with Gasteiger partial charge in [0.05, 0.1) is 27.3 Å². The van der Waals surface area contributed by atoms with Crippen LogP contribution >= 0.6 is 0 Å². The summed E-state index contributed by atoms with van der Waals surface area (Å²) >= 11 is 0. The number of aryl methyl sites for hydroxylation is 1. The second-order valence-electron chi connectivity index (χ2n) is 10.6. The zero-order valence-electron chi connectivity index (χ0n) is 23.3. The molecule has 0 saturated heterocycles. The van der Waals surface area contributed by atoms with Crippen LogP contribution in [0.3, 0.4) is 0 Å². The topological polar surface area (TPSA) is 35.5 Å². The lowest BCUT2D eigenvalue weighted by atomic mass is 10.0. The van der Waals surface area contributed by atoms with Crippen LogP contribution in [0.4, 0.5) is 0 Å². The molecule has 2 aromatic carbocycles. The molecular weight excluding hydrogens is 446 g/mol. The summed E-state index contributed by atoms with van der Waals surface area (Å²) in [5.74, 6) is 0.788. The van der Waals surface area contributed by atoms with E-state index in [0.717, 1.165) is 25.1 Å². The molecule has 1 unspecified atom stereocenters. The molecular formula is C32H50NO3+. The minimum absolute atomic E-state index is 0.120. The zero-order valence-corrected chi connectivity index (χ0v) is 23.3. The largest absolute Gasteiger partial charge is 0.493 e. The fraction of sp³-hybridized carbons (Fsp3) is 0.594. The Kier molecular flexibility index (Phi) is 14.3. The second kappa shape index (κ2) is 17.2. The lowest BCUT2D eigenvalue weighted by Gasteiger charge is -2.36. The van der Waals surface area contributed by atoms with Crippen molar-refractivity contribution in [3.05, 3.63) is 65.7 Å². The maximum absolute atomic E-state index is 12.8. The van der Waals surface area contributed by atoms with Gasteiger partial charge in [-0.3, -0.25) is 0 Å². The van der Waals surface area contributed by atoms with Crippen molar-refractivity contribution < 1.29 is 18.8 Å². The molecule has 0 radical (unpaired) electrons. The van der Waals surface area contributed by atoms with Crippen molar-refractivity contribution in [2.45, 2.75) is 97.1 Å². The number of carbonyl (C=O) groups excluding carboxylic acids is 1. The Labute approximate surface area is 220 Å². The maximum Gasteiger partial charge on any atom is 0.364 e. The highest BCUT2D eigenvalue weighted by Crippen LogP contribution is 2.19. The van der Waals surface area contributed by atoms with Crippen molar-refractivity contribution in [2.24, 2.45) is 0 Å². The Morgan fingerprint density at radius 2 is 1.44 bits per heavy atom. The van der Waals surface area contributed by atoms with Gasteiger partial charge in [-0.15, -0.1) is 0 Å². The van der Waals surface area contributed by atoms with E-state index in [2.05, 4.69) is 58.3 Å². The normalized spacial score (nSPS) is 12.3. The third-order valence-electron chi connectivity index (χ3n) is 6.95. The van der Waals surface area contributed by atoms with E-state index in [4.69, 9.17) is 9.47 Å². The van der Waals surface area contributed by atoms with E-state index in [0.29, 0.717) is 24.1 Å². The highest BCUT2D eigenvalue weighted by atomic mass is 16.5. The van der Waals surface area contributed by atoms with Crippen LogP contribution in [0.2, 0.25) is 0 Å². The van der Waals surface area contributed by atoms with Gasteiger partial charge in [-0.05, 0) is 30.5 Å². The number of hydrogen-bond acceptors (Lipinski definition) is 3. The number of hydrogen-bond donors (Lipinski definition) is 0. The monoisotopic (exact) mass is 496 g/mol. The molecule has 0 N–H and O–H groups in total. The lowest BCUT2D eigenvalue weighted by Crippen LogP contribution is -2.52. The summed E-state index contributed by atoms with van der Waals surface area (Å²) in [6.07, 6.45) is 13.3. The summed E-state index contributed by atoms with van der Waals surface area (Å²) in [7, 11) is 4.21. The summed E-state index contributed by atoms with van der Waals surface area (Å²) in [6, 6.07) is 18.6. The van der Waals surface area contributed by atoms with Gasteiger partial charge in [0, 0.05) is 18.4 Å². The fourth-order valence-corrected chi connectivity index (χ4v) is 4.88. The Bertz CT molecular complexity index is 849. The average Bonchev–Trinajstić information content (AvgIpc) is 2.86. The van der Waals surface area contributed by atoms with Gasteiger partial charge in [-0.1, -0.05) is 101 Å². The molecule has 4 heteroatoms. The van der Waals surface area contributed by atoms with Crippen molar-refractivity contribution in [2.75, 3.05) is 27.3 Å². The van der Waals surface area contributed by atoms with Gasteiger partial charge in [0.15, 0.2) is 6.04 Å². The SMILES string of the molecule is CCCCCCCCCCc1cccc(OCCCOC(=O)C(CC)[N+](C)(C)Cc2ccccc2)c1. The number of benzene rings is 2.